The van der Waals surface area contributed by atoms with Gasteiger partial charge in [0.1, 0.15) is 24.9 Å². The van der Waals surface area contributed by atoms with Gasteiger partial charge in [-0.05, 0) is 27.2 Å². The third-order valence-corrected chi connectivity index (χ3v) is 3.10. The van der Waals surface area contributed by atoms with Crippen LogP contribution in [-0.2, 0) is 19.0 Å². The maximum atomic E-state index is 11.7. The molecule has 110 valence electrons. The van der Waals surface area contributed by atoms with Crippen LogP contribution in [0.15, 0.2) is 12.7 Å². The van der Waals surface area contributed by atoms with E-state index in [4.69, 9.17) is 14.2 Å². The Morgan fingerprint density at radius 3 is 2.53 bits per heavy atom. The zero-order valence-corrected chi connectivity index (χ0v) is 12.1. The first-order chi connectivity index (χ1) is 8.81. The average molecular weight is 272 g/mol. The van der Waals surface area contributed by atoms with E-state index in [-0.39, 0.29) is 18.7 Å². The minimum absolute atomic E-state index is 0.0325. The summed E-state index contributed by atoms with van der Waals surface area (Å²) in [6.07, 6.45) is 0.266. The summed E-state index contributed by atoms with van der Waals surface area (Å²) in [6, 6.07) is 0. The summed E-state index contributed by atoms with van der Waals surface area (Å²) in [4.78, 5) is 11.7. The van der Waals surface area contributed by atoms with Crippen molar-refractivity contribution in [2.75, 3.05) is 13.7 Å². The Balaban J connectivity index is 2.56. The lowest BCUT2D eigenvalue weighted by atomic mass is 9.97. The molecule has 0 saturated carbocycles. The van der Waals surface area contributed by atoms with Crippen LogP contribution >= 0.6 is 0 Å². The maximum Gasteiger partial charge on any atom is 0.311 e. The van der Waals surface area contributed by atoms with Crippen LogP contribution in [0.5, 0.6) is 0 Å². The summed E-state index contributed by atoms with van der Waals surface area (Å²) >= 11 is 0. The highest BCUT2D eigenvalue weighted by molar-refractivity contribution is 5.75. The predicted molar refractivity (Wildman–Crippen MR) is 70.7 cm³/mol. The van der Waals surface area contributed by atoms with Gasteiger partial charge in [-0.3, -0.25) is 4.79 Å². The van der Waals surface area contributed by atoms with Crippen LogP contribution in [0, 0.1) is 5.41 Å². The van der Waals surface area contributed by atoms with Crippen molar-refractivity contribution in [3.8, 4) is 0 Å². The Bertz CT molecular complexity index is 320. The molecule has 0 aromatic carbocycles. The smallest absolute Gasteiger partial charge is 0.311 e. The van der Waals surface area contributed by atoms with Crippen molar-refractivity contribution in [1.82, 2.24) is 0 Å². The molecule has 1 N–H and O–H groups in total. The molecule has 0 aromatic heterocycles. The van der Waals surface area contributed by atoms with Crippen molar-refractivity contribution in [3.05, 3.63) is 12.7 Å². The first-order valence-electron chi connectivity index (χ1n) is 6.45. The van der Waals surface area contributed by atoms with Gasteiger partial charge in [0.05, 0.1) is 11.5 Å². The normalized spacial score (nSPS) is 31.2. The Morgan fingerprint density at radius 2 is 2.05 bits per heavy atom. The fraction of sp³-hybridized carbons (Fsp3) is 0.786. The van der Waals surface area contributed by atoms with Gasteiger partial charge in [0.15, 0.2) is 0 Å². The van der Waals surface area contributed by atoms with Crippen molar-refractivity contribution in [2.24, 2.45) is 5.41 Å². The number of hydrogen-bond acceptors (Lipinski definition) is 5. The molecule has 1 aliphatic heterocycles. The van der Waals surface area contributed by atoms with Crippen molar-refractivity contribution < 1.29 is 24.1 Å². The molecule has 19 heavy (non-hydrogen) atoms. The summed E-state index contributed by atoms with van der Waals surface area (Å²) in [5.74, 6) is -0.315. The van der Waals surface area contributed by atoms with Crippen LogP contribution in [0.25, 0.3) is 0 Å². The summed E-state index contributed by atoms with van der Waals surface area (Å²) in [5.41, 5.74) is -0.565. The molecule has 1 aliphatic rings. The average Bonchev–Trinajstić information content (AvgIpc) is 2.61. The van der Waals surface area contributed by atoms with Gasteiger partial charge in [0.25, 0.3) is 0 Å². The number of hydrogen-bond donors (Lipinski definition) is 1. The summed E-state index contributed by atoms with van der Waals surface area (Å²) in [6.45, 7) is 9.01. The number of aliphatic hydroxyl groups excluding tert-OH is 1. The molecule has 5 nitrogen and oxygen atoms in total. The molecule has 5 heteroatoms. The van der Waals surface area contributed by atoms with Crippen molar-refractivity contribution >= 4 is 5.97 Å². The monoisotopic (exact) mass is 272 g/mol. The molecule has 1 fully saturated rings. The summed E-state index contributed by atoms with van der Waals surface area (Å²) < 4.78 is 16.1. The molecule has 0 unspecified atom stereocenters. The number of methoxy groups -OCH3 is 1. The summed E-state index contributed by atoms with van der Waals surface area (Å²) in [7, 11) is 1.52. The fourth-order valence-electron chi connectivity index (χ4n) is 1.97. The second-order valence-corrected chi connectivity index (χ2v) is 5.78. The molecular weight excluding hydrogens is 248 g/mol. The maximum absolute atomic E-state index is 11.7. The van der Waals surface area contributed by atoms with Gasteiger partial charge in [-0.15, -0.1) is 6.58 Å². The first kappa shape index (κ1) is 16.1. The SMILES string of the molecule is C=CC[C@H]1O[C@@H](COC(=O)C(C)(C)C)[C@H](O)[C@H]1OC. The second kappa shape index (κ2) is 6.50. The van der Waals surface area contributed by atoms with Gasteiger partial charge in [-0.1, -0.05) is 6.08 Å². The highest BCUT2D eigenvalue weighted by Crippen LogP contribution is 2.27. The van der Waals surface area contributed by atoms with Gasteiger partial charge < -0.3 is 19.3 Å². The van der Waals surface area contributed by atoms with Crippen LogP contribution in [0.2, 0.25) is 0 Å². The van der Waals surface area contributed by atoms with E-state index in [9.17, 15) is 9.90 Å². The summed E-state index contributed by atoms with van der Waals surface area (Å²) in [5, 5.41) is 10.1. The van der Waals surface area contributed by atoms with E-state index in [1.807, 2.05) is 0 Å². The third-order valence-electron chi connectivity index (χ3n) is 3.10. The molecule has 0 bridgehead atoms. The lowest BCUT2D eigenvalue weighted by Crippen LogP contribution is -2.37. The van der Waals surface area contributed by atoms with Gasteiger partial charge in [-0.2, -0.15) is 0 Å². The number of carbonyl (C=O) groups is 1. The van der Waals surface area contributed by atoms with E-state index >= 15 is 0 Å². The molecule has 0 amide bonds. The lowest BCUT2D eigenvalue weighted by molar-refractivity contribution is -0.158. The van der Waals surface area contributed by atoms with Gasteiger partial charge in [0.2, 0.25) is 0 Å². The number of carbonyl (C=O) groups excluding carboxylic acids is 1. The Kier molecular flexibility index (Phi) is 5.52. The van der Waals surface area contributed by atoms with E-state index < -0.39 is 23.7 Å². The van der Waals surface area contributed by atoms with E-state index in [0.717, 1.165) is 0 Å². The van der Waals surface area contributed by atoms with Crippen LogP contribution in [-0.4, -0.2) is 49.2 Å². The van der Waals surface area contributed by atoms with E-state index in [0.29, 0.717) is 6.42 Å². The largest absolute Gasteiger partial charge is 0.462 e. The molecule has 1 saturated heterocycles. The Hall–Kier alpha value is -0.910. The standard InChI is InChI=1S/C14H24O5/c1-6-7-9-12(17-5)11(15)10(19-9)8-18-13(16)14(2,3)4/h6,9-12,15H,1,7-8H2,2-5H3/t9-,10+,11+,12+/m1/s1. The minimum atomic E-state index is -0.803. The number of aliphatic hydroxyl groups is 1. The number of esters is 1. The second-order valence-electron chi connectivity index (χ2n) is 5.78. The Morgan fingerprint density at radius 1 is 1.42 bits per heavy atom. The van der Waals surface area contributed by atoms with Crippen LogP contribution in [0.4, 0.5) is 0 Å². The number of ether oxygens (including phenoxy) is 3. The zero-order valence-electron chi connectivity index (χ0n) is 12.1. The first-order valence-corrected chi connectivity index (χ1v) is 6.45. The third kappa shape index (κ3) is 4.03. The quantitative estimate of drug-likeness (QED) is 0.603. The molecule has 1 heterocycles. The highest BCUT2D eigenvalue weighted by Gasteiger charge is 2.44. The minimum Gasteiger partial charge on any atom is -0.462 e. The van der Waals surface area contributed by atoms with Crippen molar-refractivity contribution in [1.29, 1.82) is 0 Å². The molecule has 1 rings (SSSR count). The topological polar surface area (TPSA) is 65.0 Å². The van der Waals surface area contributed by atoms with Crippen molar-refractivity contribution in [3.63, 3.8) is 0 Å². The highest BCUT2D eigenvalue weighted by atomic mass is 16.6. The van der Waals surface area contributed by atoms with Gasteiger partial charge in [0, 0.05) is 7.11 Å². The van der Waals surface area contributed by atoms with Crippen LogP contribution < -0.4 is 0 Å². The van der Waals surface area contributed by atoms with E-state index in [2.05, 4.69) is 6.58 Å². The van der Waals surface area contributed by atoms with E-state index in [1.54, 1.807) is 26.8 Å². The van der Waals surface area contributed by atoms with Crippen LogP contribution in [0.3, 0.4) is 0 Å². The lowest BCUT2D eigenvalue weighted by Gasteiger charge is -2.20. The molecule has 0 aliphatic carbocycles. The Labute approximate surface area is 114 Å². The molecule has 0 spiro atoms. The molecule has 0 radical (unpaired) electrons. The van der Waals surface area contributed by atoms with Crippen LogP contribution in [0.1, 0.15) is 27.2 Å². The number of rotatable bonds is 5. The van der Waals surface area contributed by atoms with Gasteiger partial charge >= 0.3 is 5.97 Å². The van der Waals surface area contributed by atoms with Gasteiger partial charge in [-0.25, -0.2) is 0 Å². The molecule has 4 atom stereocenters. The molecular formula is C14H24O5. The molecule has 0 aromatic rings. The fourth-order valence-corrected chi connectivity index (χ4v) is 1.97. The van der Waals surface area contributed by atoms with Crippen molar-refractivity contribution in [2.45, 2.75) is 51.6 Å². The predicted octanol–water partition coefficient (Wildman–Crippen LogP) is 1.30. The zero-order chi connectivity index (χ0) is 14.6. The van der Waals surface area contributed by atoms with E-state index in [1.165, 1.54) is 7.11 Å².